The van der Waals surface area contributed by atoms with Crippen LogP contribution in [0.15, 0.2) is 60.3 Å². The molecule has 2 aromatic carbocycles. The maximum atomic E-state index is 12.9. The van der Waals surface area contributed by atoms with Crippen molar-refractivity contribution < 1.29 is 18.0 Å². The molecule has 0 saturated heterocycles. The van der Waals surface area contributed by atoms with Gasteiger partial charge in [0, 0.05) is 22.4 Å². The van der Waals surface area contributed by atoms with Crippen molar-refractivity contribution in [2.45, 2.75) is 13.1 Å². The molecule has 2 aromatic rings. The number of para-hydroxylation sites is 1. The molecule has 6 heteroatoms. The summed E-state index contributed by atoms with van der Waals surface area (Å²) in [6, 6.07) is 11.4. The molecule has 0 bridgehead atoms. The summed E-state index contributed by atoms with van der Waals surface area (Å²) in [6.07, 6.45) is -3.22. The molecule has 0 amide bonds. The first-order valence-corrected chi connectivity index (χ1v) is 7.06. The minimum atomic E-state index is -4.47. The molecule has 0 spiro atoms. The highest BCUT2D eigenvalue weighted by atomic mass is 35.5. The van der Waals surface area contributed by atoms with Crippen molar-refractivity contribution in [2.24, 2.45) is 0 Å². The van der Waals surface area contributed by atoms with E-state index < -0.39 is 11.7 Å². The fourth-order valence-corrected chi connectivity index (χ4v) is 2.11. The molecule has 0 atom stereocenters. The lowest BCUT2D eigenvalue weighted by atomic mass is 10.1. The fourth-order valence-electron chi connectivity index (χ4n) is 1.98. The second-order valence-corrected chi connectivity index (χ2v) is 5.30. The summed E-state index contributed by atoms with van der Waals surface area (Å²) in [6.45, 7) is 1.53. The SMILES string of the molecule is CC(=CC(=O)c1ccc(Cl)cc1)Nc1ccccc1C(F)(F)F. The summed E-state index contributed by atoms with van der Waals surface area (Å²) < 4.78 is 38.8. The number of rotatable bonds is 4. The van der Waals surface area contributed by atoms with Crippen molar-refractivity contribution in [1.82, 2.24) is 0 Å². The number of nitrogens with one attached hydrogen (secondary N) is 1. The van der Waals surface area contributed by atoms with Crippen LogP contribution in [0.1, 0.15) is 22.8 Å². The zero-order chi connectivity index (χ0) is 17.0. The van der Waals surface area contributed by atoms with Crippen LogP contribution in [0.2, 0.25) is 5.02 Å². The van der Waals surface area contributed by atoms with Crippen molar-refractivity contribution in [3.05, 3.63) is 76.5 Å². The molecule has 2 rings (SSSR count). The normalized spacial score (nSPS) is 12.1. The number of hydrogen-bond acceptors (Lipinski definition) is 2. The van der Waals surface area contributed by atoms with Gasteiger partial charge in [0.05, 0.1) is 11.3 Å². The van der Waals surface area contributed by atoms with E-state index in [0.717, 1.165) is 6.07 Å². The molecule has 0 radical (unpaired) electrons. The lowest BCUT2D eigenvalue weighted by Gasteiger charge is -2.14. The van der Waals surface area contributed by atoms with Gasteiger partial charge < -0.3 is 5.32 Å². The zero-order valence-electron chi connectivity index (χ0n) is 12.1. The Balaban J connectivity index is 2.20. The minimum Gasteiger partial charge on any atom is -0.359 e. The molecule has 0 aliphatic carbocycles. The summed E-state index contributed by atoms with van der Waals surface area (Å²) in [5, 5.41) is 3.12. The maximum absolute atomic E-state index is 12.9. The molecule has 120 valence electrons. The quantitative estimate of drug-likeness (QED) is 0.584. The van der Waals surface area contributed by atoms with Crippen molar-refractivity contribution in [1.29, 1.82) is 0 Å². The van der Waals surface area contributed by atoms with E-state index in [4.69, 9.17) is 11.6 Å². The average Bonchev–Trinajstić information content (AvgIpc) is 2.47. The summed E-state index contributed by atoms with van der Waals surface area (Å²) >= 11 is 5.74. The number of allylic oxidation sites excluding steroid dienone is 2. The third-order valence-corrected chi connectivity index (χ3v) is 3.29. The van der Waals surface area contributed by atoms with Gasteiger partial charge in [0.2, 0.25) is 0 Å². The van der Waals surface area contributed by atoms with Crippen molar-refractivity contribution >= 4 is 23.1 Å². The molecule has 1 N–H and O–H groups in total. The number of carbonyl (C=O) groups is 1. The highest BCUT2D eigenvalue weighted by molar-refractivity contribution is 6.30. The van der Waals surface area contributed by atoms with Crippen LogP contribution in [-0.4, -0.2) is 5.78 Å². The Morgan fingerprint density at radius 1 is 1.09 bits per heavy atom. The van der Waals surface area contributed by atoms with Gasteiger partial charge in [0.15, 0.2) is 5.78 Å². The van der Waals surface area contributed by atoms with E-state index in [9.17, 15) is 18.0 Å². The van der Waals surface area contributed by atoms with E-state index >= 15 is 0 Å². The number of ketones is 1. The Bertz CT molecular complexity index is 736. The molecule has 23 heavy (non-hydrogen) atoms. The monoisotopic (exact) mass is 339 g/mol. The van der Waals surface area contributed by atoms with E-state index in [1.54, 1.807) is 24.3 Å². The third-order valence-electron chi connectivity index (χ3n) is 3.04. The molecule has 0 heterocycles. The van der Waals surface area contributed by atoms with Gasteiger partial charge in [-0.05, 0) is 43.3 Å². The fraction of sp³-hybridized carbons (Fsp3) is 0.118. The van der Waals surface area contributed by atoms with E-state index in [1.165, 1.54) is 31.2 Å². The molecular weight excluding hydrogens is 327 g/mol. The van der Waals surface area contributed by atoms with Crippen molar-refractivity contribution in [3.8, 4) is 0 Å². The standard InChI is InChI=1S/C17H13ClF3NO/c1-11(10-16(23)12-6-8-13(18)9-7-12)22-15-5-3-2-4-14(15)17(19,20)21/h2-10,22H,1H3. The van der Waals surface area contributed by atoms with Crippen LogP contribution in [0.25, 0.3) is 0 Å². The van der Waals surface area contributed by atoms with Crippen molar-refractivity contribution in [2.75, 3.05) is 5.32 Å². The Labute approximate surface area is 136 Å². The van der Waals surface area contributed by atoms with E-state index in [2.05, 4.69) is 5.32 Å². The van der Waals surface area contributed by atoms with Gasteiger partial charge in [-0.1, -0.05) is 23.7 Å². The molecule has 0 fully saturated rings. The Morgan fingerprint density at radius 2 is 1.70 bits per heavy atom. The number of hydrogen-bond donors (Lipinski definition) is 1. The lowest BCUT2D eigenvalue weighted by molar-refractivity contribution is -0.136. The van der Waals surface area contributed by atoms with Gasteiger partial charge in [-0.2, -0.15) is 13.2 Å². The Hall–Kier alpha value is -2.27. The summed E-state index contributed by atoms with van der Waals surface area (Å²) in [4.78, 5) is 12.1. The highest BCUT2D eigenvalue weighted by Gasteiger charge is 2.33. The second kappa shape index (κ2) is 6.87. The number of anilines is 1. The number of halogens is 4. The van der Waals surface area contributed by atoms with Crippen LogP contribution in [0.4, 0.5) is 18.9 Å². The van der Waals surface area contributed by atoms with Crippen LogP contribution >= 0.6 is 11.6 Å². The van der Waals surface area contributed by atoms with Gasteiger partial charge >= 0.3 is 6.18 Å². The predicted molar refractivity (Wildman–Crippen MR) is 84.6 cm³/mol. The largest absolute Gasteiger partial charge is 0.418 e. The number of carbonyl (C=O) groups excluding carboxylic acids is 1. The van der Waals surface area contributed by atoms with Crippen molar-refractivity contribution in [3.63, 3.8) is 0 Å². The maximum Gasteiger partial charge on any atom is 0.418 e. The molecule has 0 aliphatic rings. The van der Waals surface area contributed by atoms with Gasteiger partial charge in [-0.15, -0.1) is 0 Å². The minimum absolute atomic E-state index is 0.0994. The predicted octanol–water partition coefficient (Wildman–Crippen LogP) is 5.56. The molecule has 0 unspecified atom stereocenters. The van der Waals surface area contributed by atoms with Gasteiger partial charge in [-0.25, -0.2) is 0 Å². The summed E-state index contributed by atoms with van der Waals surface area (Å²) in [5.41, 5.74) is -0.175. The topological polar surface area (TPSA) is 29.1 Å². The lowest BCUT2D eigenvalue weighted by Crippen LogP contribution is -2.10. The van der Waals surface area contributed by atoms with Crippen LogP contribution < -0.4 is 5.32 Å². The highest BCUT2D eigenvalue weighted by Crippen LogP contribution is 2.35. The van der Waals surface area contributed by atoms with Crippen LogP contribution in [0.5, 0.6) is 0 Å². The second-order valence-electron chi connectivity index (χ2n) is 4.87. The smallest absolute Gasteiger partial charge is 0.359 e. The van der Waals surface area contributed by atoms with E-state index in [1.807, 2.05) is 0 Å². The molecule has 2 nitrogen and oxygen atoms in total. The van der Waals surface area contributed by atoms with Gasteiger partial charge in [0.25, 0.3) is 0 Å². The zero-order valence-corrected chi connectivity index (χ0v) is 12.9. The summed E-state index contributed by atoms with van der Waals surface area (Å²) in [5.74, 6) is -0.323. The molecule has 0 aliphatic heterocycles. The van der Waals surface area contributed by atoms with E-state index in [-0.39, 0.29) is 11.5 Å². The number of alkyl halides is 3. The average molecular weight is 340 g/mol. The molecular formula is C17H13ClF3NO. The first-order chi connectivity index (χ1) is 10.8. The van der Waals surface area contributed by atoms with Gasteiger partial charge in [0.1, 0.15) is 0 Å². The van der Waals surface area contributed by atoms with Crippen LogP contribution in [0.3, 0.4) is 0 Å². The van der Waals surface area contributed by atoms with Gasteiger partial charge in [-0.3, -0.25) is 4.79 Å². The summed E-state index contributed by atoms with van der Waals surface area (Å²) in [7, 11) is 0. The Morgan fingerprint density at radius 3 is 2.30 bits per heavy atom. The van der Waals surface area contributed by atoms with Crippen LogP contribution in [0, 0.1) is 0 Å². The van der Waals surface area contributed by atoms with E-state index in [0.29, 0.717) is 16.3 Å². The first kappa shape index (κ1) is 17.1. The first-order valence-electron chi connectivity index (χ1n) is 6.69. The molecule has 0 saturated carbocycles. The Kier molecular flexibility index (Phi) is 5.11. The molecule has 0 aromatic heterocycles. The third kappa shape index (κ3) is 4.60. The number of benzene rings is 2. The van der Waals surface area contributed by atoms with Crippen LogP contribution in [-0.2, 0) is 6.18 Å².